The van der Waals surface area contributed by atoms with Gasteiger partial charge in [-0.25, -0.2) is 4.79 Å². The second kappa shape index (κ2) is 9.05. The van der Waals surface area contributed by atoms with Crippen LogP contribution < -0.4 is 16.0 Å². The maximum atomic E-state index is 13.0. The quantitative estimate of drug-likeness (QED) is 0.607. The Labute approximate surface area is 192 Å². The summed E-state index contributed by atoms with van der Waals surface area (Å²) in [7, 11) is 0. The van der Waals surface area contributed by atoms with Crippen molar-refractivity contribution in [3.8, 4) is 0 Å². The van der Waals surface area contributed by atoms with E-state index in [0.29, 0.717) is 41.3 Å². The van der Waals surface area contributed by atoms with Crippen molar-refractivity contribution in [2.75, 3.05) is 17.2 Å². The van der Waals surface area contributed by atoms with Gasteiger partial charge in [0.25, 0.3) is 11.8 Å². The van der Waals surface area contributed by atoms with E-state index in [1.165, 1.54) is 0 Å². The summed E-state index contributed by atoms with van der Waals surface area (Å²) in [6.07, 6.45) is 2.93. The van der Waals surface area contributed by atoms with Crippen molar-refractivity contribution < 1.29 is 19.2 Å². The van der Waals surface area contributed by atoms with E-state index in [-0.39, 0.29) is 18.4 Å². The molecule has 1 spiro atoms. The lowest BCUT2D eigenvalue weighted by Crippen LogP contribution is -2.49. The molecule has 1 saturated carbocycles. The van der Waals surface area contributed by atoms with Crippen molar-refractivity contribution in [1.82, 2.24) is 10.2 Å². The fourth-order valence-corrected chi connectivity index (χ4v) is 4.44. The molecule has 8 nitrogen and oxygen atoms in total. The first-order valence-electron chi connectivity index (χ1n) is 11.2. The standard InChI is InChI=1S/C25H28N4O4/c1-16-11-13-25(14-12-16)23(32)29(24(33)28-25)15-21(30)26-19-9-6-10-20(17(19)2)27-22(31)18-7-4-3-5-8-18/h3-10,16H,11-15H2,1-2H3,(H,26,30)(H,27,31)(H,28,33). The minimum absolute atomic E-state index is 0.256. The molecule has 0 unspecified atom stereocenters. The van der Waals surface area contributed by atoms with Crippen LogP contribution in [0.3, 0.4) is 0 Å². The molecule has 2 fully saturated rings. The minimum atomic E-state index is -0.874. The zero-order valence-electron chi connectivity index (χ0n) is 18.8. The molecule has 3 N–H and O–H groups in total. The summed E-state index contributed by atoms with van der Waals surface area (Å²) in [4.78, 5) is 51.7. The van der Waals surface area contributed by atoms with Gasteiger partial charge in [0, 0.05) is 16.9 Å². The number of urea groups is 1. The first kappa shape index (κ1) is 22.5. The molecule has 8 heteroatoms. The van der Waals surface area contributed by atoms with Gasteiger partial charge in [0.2, 0.25) is 5.91 Å². The van der Waals surface area contributed by atoms with Crippen LogP contribution in [0.25, 0.3) is 0 Å². The van der Waals surface area contributed by atoms with E-state index in [2.05, 4.69) is 22.9 Å². The van der Waals surface area contributed by atoms with Gasteiger partial charge in [-0.3, -0.25) is 19.3 Å². The third kappa shape index (κ3) is 4.60. The molecule has 2 aromatic carbocycles. The number of amides is 5. The molecule has 2 aromatic rings. The molecule has 172 valence electrons. The van der Waals surface area contributed by atoms with Crippen molar-refractivity contribution in [1.29, 1.82) is 0 Å². The summed E-state index contributed by atoms with van der Waals surface area (Å²) in [6.45, 7) is 3.56. The highest BCUT2D eigenvalue weighted by atomic mass is 16.2. The van der Waals surface area contributed by atoms with Gasteiger partial charge in [0.1, 0.15) is 12.1 Å². The second-order valence-corrected chi connectivity index (χ2v) is 8.93. The van der Waals surface area contributed by atoms with Gasteiger partial charge in [-0.1, -0.05) is 31.2 Å². The lowest BCUT2D eigenvalue weighted by atomic mass is 9.77. The molecule has 0 atom stereocenters. The van der Waals surface area contributed by atoms with E-state index in [4.69, 9.17) is 0 Å². The average Bonchev–Trinajstić information content (AvgIpc) is 3.03. The third-order valence-electron chi connectivity index (χ3n) is 6.57. The van der Waals surface area contributed by atoms with Crippen LogP contribution in [0, 0.1) is 12.8 Å². The zero-order valence-corrected chi connectivity index (χ0v) is 18.8. The Bertz CT molecular complexity index is 1090. The molecule has 0 bridgehead atoms. The zero-order chi connectivity index (χ0) is 23.6. The number of imide groups is 1. The first-order valence-corrected chi connectivity index (χ1v) is 11.2. The van der Waals surface area contributed by atoms with Crippen LogP contribution in [-0.2, 0) is 9.59 Å². The van der Waals surface area contributed by atoms with Crippen LogP contribution >= 0.6 is 0 Å². The summed E-state index contributed by atoms with van der Waals surface area (Å²) in [5, 5.41) is 8.44. The van der Waals surface area contributed by atoms with Crippen molar-refractivity contribution in [3.63, 3.8) is 0 Å². The summed E-state index contributed by atoms with van der Waals surface area (Å²) in [5.74, 6) is -0.534. The molecule has 5 amide bonds. The molecule has 1 aliphatic carbocycles. The molecule has 33 heavy (non-hydrogen) atoms. The van der Waals surface area contributed by atoms with Crippen molar-refractivity contribution in [2.24, 2.45) is 5.92 Å². The van der Waals surface area contributed by atoms with E-state index >= 15 is 0 Å². The molecular weight excluding hydrogens is 420 g/mol. The Morgan fingerprint density at radius 3 is 2.30 bits per heavy atom. The van der Waals surface area contributed by atoms with Gasteiger partial charge in [-0.15, -0.1) is 0 Å². The number of anilines is 2. The van der Waals surface area contributed by atoms with Crippen LogP contribution in [-0.4, -0.2) is 40.7 Å². The highest BCUT2D eigenvalue weighted by molar-refractivity contribution is 6.10. The lowest BCUT2D eigenvalue weighted by molar-refractivity contribution is -0.135. The number of nitrogens with one attached hydrogen (secondary N) is 3. The number of hydrogen-bond donors (Lipinski definition) is 3. The topological polar surface area (TPSA) is 108 Å². The molecule has 1 saturated heterocycles. The Hall–Kier alpha value is -3.68. The van der Waals surface area contributed by atoms with Gasteiger partial charge in [0.05, 0.1) is 0 Å². The van der Waals surface area contributed by atoms with E-state index in [9.17, 15) is 19.2 Å². The largest absolute Gasteiger partial charge is 0.325 e. The predicted octanol–water partition coefficient (Wildman–Crippen LogP) is 3.69. The summed E-state index contributed by atoms with van der Waals surface area (Å²) < 4.78 is 0. The maximum absolute atomic E-state index is 13.0. The van der Waals surface area contributed by atoms with Crippen LogP contribution in [0.2, 0.25) is 0 Å². The SMILES string of the molecule is Cc1c(NC(=O)CN2C(=O)NC3(CCC(C)CC3)C2=O)cccc1NC(=O)c1ccccc1. The highest BCUT2D eigenvalue weighted by Crippen LogP contribution is 2.36. The van der Waals surface area contributed by atoms with Gasteiger partial charge in [-0.05, 0) is 68.4 Å². The molecule has 1 heterocycles. The molecule has 2 aliphatic rings. The number of hydrogen-bond acceptors (Lipinski definition) is 4. The van der Waals surface area contributed by atoms with Crippen molar-refractivity contribution >= 4 is 35.1 Å². The molecule has 0 radical (unpaired) electrons. The normalized spacial score (nSPS) is 22.2. The number of carbonyl (C=O) groups excluding carboxylic acids is 4. The Morgan fingerprint density at radius 1 is 1.00 bits per heavy atom. The Balaban J connectivity index is 1.42. The number of rotatable bonds is 5. The Morgan fingerprint density at radius 2 is 1.64 bits per heavy atom. The number of nitrogens with zero attached hydrogens (tertiary/aromatic N) is 1. The highest BCUT2D eigenvalue weighted by Gasteiger charge is 2.52. The smallest absolute Gasteiger partial charge is 0.324 e. The van der Waals surface area contributed by atoms with E-state index in [0.717, 1.165) is 17.7 Å². The van der Waals surface area contributed by atoms with Gasteiger partial charge in [-0.2, -0.15) is 0 Å². The van der Waals surface area contributed by atoms with E-state index < -0.39 is 17.5 Å². The Kier molecular flexibility index (Phi) is 6.18. The van der Waals surface area contributed by atoms with Crippen LogP contribution in [0.1, 0.15) is 48.5 Å². The predicted molar refractivity (Wildman–Crippen MR) is 125 cm³/mol. The number of benzene rings is 2. The molecular formula is C25H28N4O4. The van der Waals surface area contributed by atoms with E-state index in [1.807, 2.05) is 6.07 Å². The van der Waals surface area contributed by atoms with Crippen LogP contribution in [0.15, 0.2) is 48.5 Å². The van der Waals surface area contributed by atoms with Crippen LogP contribution in [0.4, 0.5) is 16.2 Å². The summed E-state index contributed by atoms with van der Waals surface area (Å²) in [6, 6.07) is 13.5. The lowest BCUT2D eigenvalue weighted by Gasteiger charge is -2.33. The van der Waals surface area contributed by atoms with Crippen molar-refractivity contribution in [3.05, 3.63) is 59.7 Å². The van der Waals surface area contributed by atoms with Crippen LogP contribution in [0.5, 0.6) is 0 Å². The number of carbonyl (C=O) groups is 4. The monoisotopic (exact) mass is 448 g/mol. The van der Waals surface area contributed by atoms with E-state index in [1.54, 1.807) is 49.4 Å². The molecule has 4 rings (SSSR count). The second-order valence-electron chi connectivity index (χ2n) is 8.93. The summed E-state index contributed by atoms with van der Waals surface area (Å²) >= 11 is 0. The van der Waals surface area contributed by atoms with Gasteiger partial charge in [0.15, 0.2) is 0 Å². The first-order chi connectivity index (χ1) is 15.8. The van der Waals surface area contributed by atoms with Gasteiger partial charge >= 0.3 is 6.03 Å². The molecule has 1 aliphatic heterocycles. The maximum Gasteiger partial charge on any atom is 0.325 e. The fraction of sp³-hybridized carbons (Fsp3) is 0.360. The summed E-state index contributed by atoms with van der Waals surface area (Å²) in [5.41, 5.74) is 1.38. The fourth-order valence-electron chi connectivity index (χ4n) is 4.44. The third-order valence-corrected chi connectivity index (χ3v) is 6.57. The average molecular weight is 449 g/mol. The van der Waals surface area contributed by atoms with Crippen molar-refractivity contribution in [2.45, 2.75) is 45.1 Å². The minimum Gasteiger partial charge on any atom is -0.324 e. The molecule has 0 aromatic heterocycles. The van der Waals surface area contributed by atoms with Gasteiger partial charge < -0.3 is 16.0 Å².